The number of hydrogen-bond donors (Lipinski definition) is 0. The summed E-state index contributed by atoms with van der Waals surface area (Å²) in [7, 11) is -1.03. The van der Waals surface area contributed by atoms with E-state index < -0.39 is 10.8 Å². The average molecular weight is 303 g/mol. The van der Waals surface area contributed by atoms with E-state index in [4.69, 9.17) is 4.52 Å². The highest BCUT2D eigenvalue weighted by Crippen LogP contribution is 2.17. The van der Waals surface area contributed by atoms with E-state index in [9.17, 15) is 4.21 Å². The third-order valence-electron chi connectivity index (χ3n) is 3.52. The predicted molar refractivity (Wildman–Crippen MR) is 81.5 cm³/mol. The number of rotatable bonds is 4. The lowest BCUT2D eigenvalue weighted by Gasteiger charge is -1.99. The molecule has 0 N–H and O–H groups in total. The molecule has 0 saturated carbocycles. The summed E-state index contributed by atoms with van der Waals surface area (Å²) in [5, 5.41) is 3.89. The third kappa shape index (κ3) is 2.76. The van der Waals surface area contributed by atoms with Crippen LogP contribution in [-0.2, 0) is 22.3 Å². The first-order chi connectivity index (χ1) is 10.0. The van der Waals surface area contributed by atoms with Crippen molar-refractivity contribution in [2.24, 2.45) is 0 Å². The Morgan fingerprint density at radius 3 is 2.76 bits per heavy atom. The molecule has 3 rings (SSSR count). The van der Waals surface area contributed by atoms with Crippen LogP contribution in [0.15, 0.2) is 29.0 Å². The number of imidazole rings is 1. The van der Waals surface area contributed by atoms with E-state index in [0.29, 0.717) is 11.5 Å². The minimum atomic E-state index is -1.03. The van der Waals surface area contributed by atoms with Crippen molar-refractivity contribution in [1.29, 1.82) is 0 Å². The van der Waals surface area contributed by atoms with E-state index in [-0.39, 0.29) is 0 Å². The summed E-state index contributed by atoms with van der Waals surface area (Å²) >= 11 is 0. The lowest BCUT2D eigenvalue weighted by molar-refractivity contribution is 0.392. The molecule has 0 aliphatic carbocycles. The maximum atomic E-state index is 12.3. The Morgan fingerprint density at radius 1 is 1.29 bits per heavy atom. The molecular formula is C15H17N3O2S. The van der Waals surface area contributed by atoms with Crippen LogP contribution < -0.4 is 0 Å². The van der Waals surface area contributed by atoms with Gasteiger partial charge in [-0.3, -0.25) is 4.21 Å². The number of aromatic nitrogens is 3. The highest BCUT2D eigenvalue weighted by molar-refractivity contribution is 7.83. The van der Waals surface area contributed by atoms with E-state index in [1.807, 2.05) is 49.7 Å². The summed E-state index contributed by atoms with van der Waals surface area (Å²) in [6, 6.07) is 4.00. The van der Waals surface area contributed by atoms with Gasteiger partial charge in [-0.15, -0.1) is 0 Å². The van der Waals surface area contributed by atoms with E-state index in [1.165, 1.54) is 0 Å². The van der Waals surface area contributed by atoms with E-state index >= 15 is 0 Å². The van der Waals surface area contributed by atoms with Crippen LogP contribution in [0.4, 0.5) is 0 Å². The molecule has 0 aliphatic heterocycles. The van der Waals surface area contributed by atoms with E-state index in [1.54, 1.807) is 0 Å². The monoisotopic (exact) mass is 303 g/mol. The molecule has 0 aliphatic rings. The van der Waals surface area contributed by atoms with Gasteiger partial charge in [-0.2, -0.15) is 0 Å². The van der Waals surface area contributed by atoms with Gasteiger partial charge in [0.2, 0.25) is 0 Å². The summed E-state index contributed by atoms with van der Waals surface area (Å²) in [5.41, 5.74) is 4.62. The molecule has 0 amide bonds. The van der Waals surface area contributed by atoms with Gasteiger partial charge >= 0.3 is 0 Å². The molecule has 110 valence electrons. The second kappa shape index (κ2) is 5.44. The standard InChI is InChI=1S/C15H17N3O2S/c1-10-5-4-6-18-7-13(16-15(10)18)8-21(19)9-14-11(2)17-20-12(14)3/h4-7H,8-9H2,1-3H3. The molecule has 1 unspecified atom stereocenters. The van der Waals surface area contributed by atoms with Crippen molar-refractivity contribution >= 4 is 16.4 Å². The number of fused-ring (bicyclic) bond motifs is 1. The van der Waals surface area contributed by atoms with Crippen LogP contribution >= 0.6 is 0 Å². The lowest BCUT2D eigenvalue weighted by Crippen LogP contribution is -2.01. The highest BCUT2D eigenvalue weighted by Gasteiger charge is 2.14. The summed E-state index contributed by atoms with van der Waals surface area (Å²) in [6.07, 6.45) is 3.89. The van der Waals surface area contributed by atoms with Crippen molar-refractivity contribution in [3.05, 3.63) is 52.8 Å². The van der Waals surface area contributed by atoms with Gasteiger partial charge in [0, 0.05) is 28.8 Å². The molecule has 0 fully saturated rings. The molecule has 0 radical (unpaired) electrons. The van der Waals surface area contributed by atoms with Crippen LogP contribution in [0, 0.1) is 20.8 Å². The molecule has 3 aromatic rings. The largest absolute Gasteiger partial charge is 0.361 e. The van der Waals surface area contributed by atoms with Gasteiger partial charge in [-0.1, -0.05) is 11.2 Å². The SMILES string of the molecule is Cc1noc(C)c1CS(=O)Cc1cn2cccc(C)c2n1. The molecule has 1 atom stereocenters. The topological polar surface area (TPSA) is 60.4 Å². The Morgan fingerprint density at radius 2 is 2.10 bits per heavy atom. The van der Waals surface area contributed by atoms with Crippen LogP contribution in [0.5, 0.6) is 0 Å². The van der Waals surface area contributed by atoms with Gasteiger partial charge in [-0.25, -0.2) is 4.98 Å². The fraction of sp³-hybridized carbons (Fsp3) is 0.333. The van der Waals surface area contributed by atoms with Crippen molar-refractivity contribution in [3.8, 4) is 0 Å². The summed E-state index contributed by atoms with van der Waals surface area (Å²) in [5.74, 6) is 1.63. The maximum Gasteiger partial charge on any atom is 0.139 e. The van der Waals surface area contributed by atoms with Crippen molar-refractivity contribution in [2.45, 2.75) is 32.3 Å². The van der Waals surface area contributed by atoms with Gasteiger partial charge in [0.1, 0.15) is 11.4 Å². The lowest BCUT2D eigenvalue weighted by atomic mass is 10.2. The van der Waals surface area contributed by atoms with Crippen molar-refractivity contribution in [3.63, 3.8) is 0 Å². The maximum absolute atomic E-state index is 12.3. The van der Waals surface area contributed by atoms with Gasteiger partial charge < -0.3 is 8.92 Å². The molecule has 3 aromatic heterocycles. The van der Waals surface area contributed by atoms with Gasteiger partial charge in [-0.05, 0) is 32.4 Å². The van der Waals surface area contributed by atoms with Gasteiger partial charge in [0.05, 0.1) is 22.9 Å². The fourth-order valence-corrected chi connectivity index (χ4v) is 3.66. The number of pyridine rings is 1. The first-order valence-corrected chi connectivity index (χ1v) is 8.23. The number of nitrogens with zero attached hydrogens (tertiary/aromatic N) is 3. The van der Waals surface area contributed by atoms with Crippen LogP contribution in [-0.4, -0.2) is 18.8 Å². The van der Waals surface area contributed by atoms with Crippen molar-refractivity contribution < 1.29 is 8.73 Å². The second-order valence-corrected chi connectivity index (χ2v) is 6.64. The molecule has 6 heteroatoms. The highest BCUT2D eigenvalue weighted by atomic mass is 32.2. The van der Waals surface area contributed by atoms with Gasteiger partial charge in [0.15, 0.2) is 0 Å². The average Bonchev–Trinajstić information content (AvgIpc) is 2.97. The van der Waals surface area contributed by atoms with Crippen LogP contribution in [0.3, 0.4) is 0 Å². The molecule has 3 heterocycles. The minimum absolute atomic E-state index is 0.436. The first kappa shape index (κ1) is 14.0. The fourth-order valence-electron chi connectivity index (χ4n) is 2.36. The molecule has 0 spiro atoms. The molecular weight excluding hydrogens is 286 g/mol. The predicted octanol–water partition coefficient (Wildman–Crippen LogP) is 2.70. The summed E-state index contributed by atoms with van der Waals surface area (Å²) in [6.45, 7) is 5.74. The van der Waals surface area contributed by atoms with Crippen LogP contribution in [0.2, 0.25) is 0 Å². The Bertz CT molecular complexity index is 800. The summed E-state index contributed by atoms with van der Waals surface area (Å²) < 4.78 is 19.4. The molecule has 0 aromatic carbocycles. The van der Waals surface area contributed by atoms with Crippen molar-refractivity contribution in [1.82, 2.24) is 14.5 Å². The zero-order valence-electron chi connectivity index (χ0n) is 12.3. The molecule has 0 saturated heterocycles. The summed E-state index contributed by atoms with van der Waals surface area (Å²) in [4.78, 5) is 4.56. The third-order valence-corrected chi connectivity index (χ3v) is 4.75. The molecule has 5 nitrogen and oxygen atoms in total. The van der Waals surface area contributed by atoms with Crippen LogP contribution in [0.25, 0.3) is 5.65 Å². The number of aryl methyl sites for hydroxylation is 3. The number of hydrogen-bond acceptors (Lipinski definition) is 4. The first-order valence-electron chi connectivity index (χ1n) is 6.74. The quantitative estimate of drug-likeness (QED) is 0.743. The zero-order chi connectivity index (χ0) is 15.0. The zero-order valence-corrected chi connectivity index (χ0v) is 13.1. The van der Waals surface area contributed by atoms with E-state index in [0.717, 1.165) is 33.9 Å². The van der Waals surface area contributed by atoms with E-state index in [2.05, 4.69) is 10.1 Å². The Kier molecular flexibility index (Phi) is 3.63. The Hall–Kier alpha value is -1.95. The molecule has 21 heavy (non-hydrogen) atoms. The Labute approximate surface area is 125 Å². The molecule has 0 bridgehead atoms. The Balaban J connectivity index is 1.79. The second-order valence-electron chi connectivity index (χ2n) is 5.19. The normalized spacial score (nSPS) is 12.9. The van der Waals surface area contributed by atoms with Crippen molar-refractivity contribution in [2.75, 3.05) is 0 Å². The van der Waals surface area contributed by atoms with Crippen LogP contribution in [0.1, 0.15) is 28.3 Å². The van der Waals surface area contributed by atoms with Gasteiger partial charge in [0.25, 0.3) is 0 Å². The minimum Gasteiger partial charge on any atom is -0.361 e. The smallest absolute Gasteiger partial charge is 0.139 e.